The summed E-state index contributed by atoms with van der Waals surface area (Å²) in [5.41, 5.74) is 2.42. The number of carbonyl (C=O) groups is 2. The summed E-state index contributed by atoms with van der Waals surface area (Å²) >= 11 is 3.47. The third-order valence-corrected chi connectivity index (χ3v) is 5.97. The predicted octanol–water partition coefficient (Wildman–Crippen LogP) is 5.09. The lowest BCUT2D eigenvalue weighted by atomic mass is 9.95. The zero-order chi connectivity index (χ0) is 21.4. The van der Waals surface area contributed by atoms with E-state index < -0.39 is 17.7 Å². The monoisotopic (exact) mass is 463 g/mol. The van der Waals surface area contributed by atoms with Gasteiger partial charge in [0.25, 0.3) is 11.7 Å². The van der Waals surface area contributed by atoms with Crippen molar-refractivity contribution >= 4 is 39.1 Å². The highest BCUT2D eigenvalue weighted by molar-refractivity contribution is 9.10. The van der Waals surface area contributed by atoms with Crippen LogP contribution in [0.15, 0.2) is 82.8 Å². The van der Waals surface area contributed by atoms with Crippen molar-refractivity contribution in [3.8, 4) is 5.75 Å². The molecule has 0 radical (unpaired) electrons. The standard InChI is InChI=1S/C24H18BrNO4/c1-14-10-11-17(13-19(14)25)26-21(16-8-5-9-18(27)12-16)20(23(29)24(26)30)22(28)15-6-3-2-4-7-15/h2-13,21,27-28H,1H3/b22-20+. The number of ketones is 1. The van der Waals surface area contributed by atoms with E-state index in [9.17, 15) is 19.8 Å². The molecule has 4 rings (SSSR count). The van der Waals surface area contributed by atoms with Crippen LogP contribution in [0.2, 0.25) is 0 Å². The molecule has 1 unspecified atom stereocenters. The third-order valence-electron chi connectivity index (χ3n) is 5.11. The predicted molar refractivity (Wildman–Crippen MR) is 118 cm³/mol. The number of phenolic OH excluding ortho intramolecular Hbond substituents is 1. The topological polar surface area (TPSA) is 77.8 Å². The van der Waals surface area contributed by atoms with Crippen LogP contribution >= 0.6 is 15.9 Å². The summed E-state index contributed by atoms with van der Waals surface area (Å²) in [6.07, 6.45) is 0. The summed E-state index contributed by atoms with van der Waals surface area (Å²) in [5.74, 6) is -1.77. The largest absolute Gasteiger partial charge is 0.508 e. The summed E-state index contributed by atoms with van der Waals surface area (Å²) in [6, 6.07) is 19.5. The average molecular weight is 464 g/mol. The molecule has 1 heterocycles. The van der Waals surface area contributed by atoms with Gasteiger partial charge in [-0.15, -0.1) is 0 Å². The van der Waals surface area contributed by atoms with Gasteiger partial charge < -0.3 is 10.2 Å². The maximum absolute atomic E-state index is 13.1. The number of Topliss-reactive ketones (excluding diaryl/α,β-unsaturated/α-hetero) is 1. The minimum atomic E-state index is -0.882. The average Bonchev–Trinajstić information content (AvgIpc) is 3.01. The fraction of sp³-hybridized carbons (Fsp3) is 0.0833. The molecule has 1 aliphatic heterocycles. The van der Waals surface area contributed by atoms with E-state index in [0.29, 0.717) is 16.8 Å². The van der Waals surface area contributed by atoms with Crippen molar-refractivity contribution in [2.45, 2.75) is 13.0 Å². The molecule has 1 saturated heterocycles. The molecule has 3 aromatic carbocycles. The van der Waals surface area contributed by atoms with Gasteiger partial charge in [-0.2, -0.15) is 0 Å². The summed E-state index contributed by atoms with van der Waals surface area (Å²) in [4.78, 5) is 27.5. The van der Waals surface area contributed by atoms with Gasteiger partial charge in [0, 0.05) is 15.7 Å². The van der Waals surface area contributed by atoms with Gasteiger partial charge in [0.1, 0.15) is 11.5 Å². The zero-order valence-electron chi connectivity index (χ0n) is 16.0. The van der Waals surface area contributed by atoms with E-state index >= 15 is 0 Å². The van der Waals surface area contributed by atoms with E-state index in [1.54, 1.807) is 54.6 Å². The van der Waals surface area contributed by atoms with Gasteiger partial charge in [0.15, 0.2) is 0 Å². The Labute approximate surface area is 182 Å². The molecular weight excluding hydrogens is 446 g/mol. The Morgan fingerprint density at radius 3 is 2.37 bits per heavy atom. The van der Waals surface area contributed by atoms with Gasteiger partial charge in [-0.1, -0.05) is 64.5 Å². The van der Waals surface area contributed by atoms with E-state index in [1.165, 1.54) is 17.0 Å². The van der Waals surface area contributed by atoms with Crippen LogP contribution in [0.25, 0.3) is 5.76 Å². The van der Waals surface area contributed by atoms with Crippen molar-refractivity contribution < 1.29 is 19.8 Å². The number of anilines is 1. The number of aliphatic hydroxyl groups excluding tert-OH is 1. The number of rotatable bonds is 3. The number of nitrogens with zero attached hydrogens (tertiary/aromatic N) is 1. The maximum Gasteiger partial charge on any atom is 0.300 e. The molecule has 0 aromatic heterocycles. The SMILES string of the molecule is Cc1ccc(N2C(=O)C(=O)/C(=C(/O)c3ccccc3)C2c2cccc(O)c2)cc1Br. The molecule has 3 aromatic rings. The third kappa shape index (κ3) is 3.39. The second-order valence-corrected chi connectivity index (χ2v) is 7.92. The molecule has 1 amide bonds. The molecule has 2 N–H and O–H groups in total. The molecule has 0 aliphatic carbocycles. The minimum absolute atomic E-state index is 0.00267. The quantitative estimate of drug-likeness (QED) is 0.322. The smallest absolute Gasteiger partial charge is 0.300 e. The van der Waals surface area contributed by atoms with Crippen molar-refractivity contribution in [2.75, 3.05) is 4.90 Å². The fourth-order valence-electron chi connectivity index (χ4n) is 3.59. The first-order valence-corrected chi connectivity index (χ1v) is 10.1. The molecule has 1 fully saturated rings. The molecule has 0 bridgehead atoms. The number of hydrogen-bond donors (Lipinski definition) is 2. The zero-order valence-corrected chi connectivity index (χ0v) is 17.6. The summed E-state index contributed by atoms with van der Waals surface area (Å²) in [5, 5.41) is 21.0. The van der Waals surface area contributed by atoms with Crippen molar-refractivity contribution in [3.63, 3.8) is 0 Å². The highest BCUT2D eigenvalue weighted by Crippen LogP contribution is 2.43. The van der Waals surface area contributed by atoms with E-state index in [2.05, 4.69) is 15.9 Å². The van der Waals surface area contributed by atoms with Crippen LogP contribution in [0.4, 0.5) is 5.69 Å². The summed E-state index contributed by atoms with van der Waals surface area (Å²) in [6.45, 7) is 1.92. The Balaban J connectivity index is 1.97. The van der Waals surface area contributed by atoms with Crippen molar-refractivity contribution in [3.05, 3.63) is 99.5 Å². The lowest BCUT2D eigenvalue weighted by Crippen LogP contribution is -2.29. The Morgan fingerprint density at radius 2 is 1.70 bits per heavy atom. The Kier molecular flexibility index (Phi) is 5.18. The molecule has 150 valence electrons. The van der Waals surface area contributed by atoms with Crippen LogP contribution < -0.4 is 4.90 Å². The number of aliphatic hydroxyl groups is 1. The second kappa shape index (κ2) is 7.80. The van der Waals surface area contributed by atoms with Crippen LogP contribution in [0.1, 0.15) is 22.7 Å². The van der Waals surface area contributed by atoms with Gasteiger partial charge in [-0.05, 0) is 42.3 Å². The molecule has 30 heavy (non-hydrogen) atoms. The van der Waals surface area contributed by atoms with Gasteiger partial charge in [0.05, 0.1) is 11.6 Å². The van der Waals surface area contributed by atoms with Crippen molar-refractivity contribution in [1.29, 1.82) is 0 Å². The summed E-state index contributed by atoms with van der Waals surface area (Å²) < 4.78 is 0.791. The van der Waals surface area contributed by atoms with Gasteiger partial charge in [0.2, 0.25) is 0 Å². The Hall–Kier alpha value is -3.38. The van der Waals surface area contributed by atoms with E-state index in [1.807, 2.05) is 13.0 Å². The van der Waals surface area contributed by atoms with Gasteiger partial charge >= 0.3 is 0 Å². The molecule has 0 saturated carbocycles. The fourth-order valence-corrected chi connectivity index (χ4v) is 3.96. The van der Waals surface area contributed by atoms with Crippen LogP contribution in [-0.2, 0) is 9.59 Å². The van der Waals surface area contributed by atoms with Crippen LogP contribution in [0, 0.1) is 6.92 Å². The first kappa shape index (κ1) is 19.9. The van der Waals surface area contributed by atoms with Gasteiger partial charge in [-0.25, -0.2) is 0 Å². The molecule has 1 aliphatic rings. The normalized spacial score (nSPS) is 18.1. The molecule has 1 atom stereocenters. The number of benzene rings is 3. The number of aromatic hydroxyl groups is 1. The highest BCUT2D eigenvalue weighted by atomic mass is 79.9. The highest BCUT2D eigenvalue weighted by Gasteiger charge is 2.47. The number of aryl methyl sites for hydroxylation is 1. The summed E-state index contributed by atoms with van der Waals surface area (Å²) in [7, 11) is 0. The van der Waals surface area contributed by atoms with E-state index in [0.717, 1.165) is 10.0 Å². The first-order chi connectivity index (χ1) is 14.4. The molecule has 0 spiro atoms. The van der Waals surface area contributed by atoms with Gasteiger partial charge in [-0.3, -0.25) is 14.5 Å². The minimum Gasteiger partial charge on any atom is -0.508 e. The van der Waals surface area contributed by atoms with Crippen molar-refractivity contribution in [1.82, 2.24) is 0 Å². The van der Waals surface area contributed by atoms with Crippen LogP contribution in [0.5, 0.6) is 5.75 Å². The van der Waals surface area contributed by atoms with Crippen LogP contribution in [0.3, 0.4) is 0 Å². The Morgan fingerprint density at radius 1 is 0.967 bits per heavy atom. The number of hydrogen-bond acceptors (Lipinski definition) is 4. The van der Waals surface area contributed by atoms with Crippen molar-refractivity contribution in [2.24, 2.45) is 0 Å². The van der Waals surface area contributed by atoms with E-state index in [-0.39, 0.29) is 17.1 Å². The molecule has 6 heteroatoms. The first-order valence-electron chi connectivity index (χ1n) is 9.30. The lowest BCUT2D eigenvalue weighted by Gasteiger charge is -2.26. The molecular formula is C24H18BrNO4. The number of carbonyl (C=O) groups excluding carboxylic acids is 2. The number of halogens is 1. The van der Waals surface area contributed by atoms with Crippen LogP contribution in [-0.4, -0.2) is 21.9 Å². The molecule has 5 nitrogen and oxygen atoms in total. The van der Waals surface area contributed by atoms with E-state index in [4.69, 9.17) is 0 Å². The number of phenols is 1. The lowest BCUT2D eigenvalue weighted by molar-refractivity contribution is -0.132. The maximum atomic E-state index is 13.1. The second-order valence-electron chi connectivity index (χ2n) is 7.06. The Bertz CT molecular complexity index is 1190. The number of amides is 1.